The summed E-state index contributed by atoms with van der Waals surface area (Å²) in [5, 5.41) is 9.34. The number of nitrogens with zero attached hydrogens (tertiary/aromatic N) is 1. The Morgan fingerprint density at radius 1 is 0.844 bits per heavy atom. The van der Waals surface area contributed by atoms with E-state index in [4.69, 9.17) is 4.74 Å². The first-order valence-electron chi connectivity index (χ1n) is 11.8. The highest BCUT2D eigenvalue weighted by atomic mass is 16.5. The summed E-state index contributed by atoms with van der Waals surface area (Å²) in [6.07, 6.45) is 13.6. The van der Waals surface area contributed by atoms with Gasteiger partial charge in [-0.2, -0.15) is 0 Å². The van der Waals surface area contributed by atoms with Gasteiger partial charge in [0.05, 0.1) is 6.10 Å². The van der Waals surface area contributed by atoms with Gasteiger partial charge in [-0.1, -0.05) is 80.4 Å². The molecule has 1 unspecified atom stereocenters. The largest absolute Gasteiger partial charge is 0.493 e. The molecule has 0 spiro atoms. The minimum Gasteiger partial charge on any atom is -0.493 e. The lowest BCUT2D eigenvalue weighted by molar-refractivity contribution is 0.0566. The van der Waals surface area contributed by atoms with Gasteiger partial charge in [-0.15, -0.1) is 0 Å². The van der Waals surface area contributed by atoms with E-state index >= 15 is 0 Å². The number of hydrogen-bond donors (Lipinski definition) is 1. The average Bonchev–Trinajstić information content (AvgIpc) is 2.83. The first-order valence-corrected chi connectivity index (χ1v) is 11.8. The van der Waals surface area contributed by atoms with E-state index in [2.05, 4.69) is 79.5 Å². The SMILES string of the molecule is CCCCCOC(C)CCC/C=C/c1ccc(-c2ccc(-c3ccc(O)nc3)cc2)cc1. The third-order valence-electron chi connectivity index (χ3n) is 5.65. The van der Waals surface area contributed by atoms with Crippen LogP contribution in [0.2, 0.25) is 0 Å². The normalized spacial score (nSPS) is 12.3. The Bertz CT molecular complexity index is 944. The number of pyridine rings is 1. The molecule has 0 aliphatic carbocycles. The Morgan fingerprint density at radius 3 is 2.09 bits per heavy atom. The molecule has 3 heteroatoms. The van der Waals surface area contributed by atoms with Crippen LogP contribution in [0.3, 0.4) is 0 Å². The summed E-state index contributed by atoms with van der Waals surface area (Å²) < 4.78 is 5.86. The fourth-order valence-electron chi connectivity index (χ4n) is 3.66. The quantitative estimate of drug-likeness (QED) is 0.298. The Morgan fingerprint density at radius 2 is 1.47 bits per heavy atom. The molecule has 0 saturated carbocycles. The zero-order valence-corrected chi connectivity index (χ0v) is 19.3. The van der Waals surface area contributed by atoms with E-state index in [0.717, 1.165) is 37.0 Å². The first-order chi connectivity index (χ1) is 15.7. The molecule has 2 aromatic carbocycles. The molecule has 3 aromatic rings. The van der Waals surface area contributed by atoms with Crippen molar-refractivity contribution >= 4 is 6.08 Å². The van der Waals surface area contributed by atoms with Crippen molar-refractivity contribution in [1.82, 2.24) is 4.98 Å². The van der Waals surface area contributed by atoms with Crippen molar-refractivity contribution in [3.63, 3.8) is 0 Å². The van der Waals surface area contributed by atoms with E-state index in [1.54, 1.807) is 12.3 Å². The molecule has 0 amide bonds. The van der Waals surface area contributed by atoms with Crippen LogP contribution in [0.1, 0.15) is 57.9 Å². The standard InChI is InChI=1S/C29H35NO2/c1-3-4-8-21-32-23(2)9-6-5-7-10-24-11-13-25(14-12-24)26-15-17-27(18-16-26)28-19-20-29(31)30-22-28/h7,10-20,22-23H,3-6,8-9,21H2,1-2H3,(H,30,31)/b10-7+. The third-order valence-corrected chi connectivity index (χ3v) is 5.65. The van der Waals surface area contributed by atoms with Crippen LogP contribution in [0.15, 0.2) is 72.9 Å². The van der Waals surface area contributed by atoms with Gasteiger partial charge in [-0.05, 0) is 60.9 Å². The van der Waals surface area contributed by atoms with Gasteiger partial charge in [0.2, 0.25) is 5.88 Å². The van der Waals surface area contributed by atoms with E-state index in [1.807, 2.05) is 6.07 Å². The van der Waals surface area contributed by atoms with Gasteiger partial charge in [-0.3, -0.25) is 0 Å². The summed E-state index contributed by atoms with van der Waals surface area (Å²) in [5.41, 5.74) is 5.69. The minimum absolute atomic E-state index is 0.0425. The lowest BCUT2D eigenvalue weighted by Crippen LogP contribution is -2.08. The van der Waals surface area contributed by atoms with Crippen LogP contribution in [0, 0.1) is 0 Å². The smallest absolute Gasteiger partial charge is 0.210 e. The molecule has 0 aliphatic rings. The number of rotatable bonds is 12. The summed E-state index contributed by atoms with van der Waals surface area (Å²) in [4.78, 5) is 3.95. The fourth-order valence-corrected chi connectivity index (χ4v) is 3.66. The van der Waals surface area contributed by atoms with Crippen LogP contribution in [0.4, 0.5) is 0 Å². The van der Waals surface area contributed by atoms with Gasteiger partial charge in [0.1, 0.15) is 0 Å². The van der Waals surface area contributed by atoms with Crippen LogP contribution in [-0.4, -0.2) is 22.8 Å². The maximum absolute atomic E-state index is 9.34. The van der Waals surface area contributed by atoms with Crippen molar-refractivity contribution in [3.8, 4) is 28.1 Å². The van der Waals surface area contributed by atoms with E-state index in [-0.39, 0.29) is 5.88 Å². The lowest BCUT2D eigenvalue weighted by atomic mass is 10.00. The van der Waals surface area contributed by atoms with Crippen LogP contribution < -0.4 is 0 Å². The summed E-state index contributed by atoms with van der Waals surface area (Å²) in [5.74, 6) is 0.0425. The Hall–Kier alpha value is -2.91. The second-order valence-corrected chi connectivity index (χ2v) is 8.33. The number of unbranched alkanes of at least 4 members (excludes halogenated alkanes) is 3. The van der Waals surface area contributed by atoms with Gasteiger partial charge in [0, 0.05) is 24.4 Å². The van der Waals surface area contributed by atoms with Crippen LogP contribution >= 0.6 is 0 Å². The summed E-state index contributed by atoms with van der Waals surface area (Å²) in [6.45, 7) is 5.30. The summed E-state index contributed by atoms with van der Waals surface area (Å²) in [6, 6.07) is 20.6. The molecule has 1 aromatic heterocycles. The topological polar surface area (TPSA) is 42.4 Å². The first kappa shape index (κ1) is 23.7. The van der Waals surface area contributed by atoms with Crippen molar-refractivity contribution in [2.24, 2.45) is 0 Å². The van der Waals surface area contributed by atoms with Crippen molar-refractivity contribution in [2.45, 2.75) is 58.5 Å². The zero-order chi connectivity index (χ0) is 22.6. The zero-order valence-electron chi connectivity index (χ0n) is 19.3. The summed E-state index contributed by atoms with van der Waals surface area (Å²) in [7, 11) is 0. The minimum atomic E-state index is 0.0425. The molecular formula is C29H35NO2. The van der Waals surface area contributed by atoms with E-state index in [1.165, 1.54) is 36.0 Å². The van der Waals surface area contributed by atoms with Gasteiger partial charge in [0.15, 0.2) is 0 Å². The molecule has 0 saturated heterocycles. The maximum atomic E-state index is 9.34. The van der Waals surface area contributed by atoms with Crippen molar-refractivity contribution in [1.29, 1.82) is 0 Å². The molecule has 168 valence electrons. The predicted molar refractivity (Wildman–Crippen MR) is 135 cm³/mol. The molecule has 1 heterocycles. The van der Waals surface area contributed by atoms with Crippen LogP contribution in [0.5, 0.6) is 5.88 Å². The molecule has 0 bridgehead atoms. The van der Waals surface area contributed by atoms with E-state index < -0.39 is 0 Å². The fraction of sp³-hybridized carbons (Fsp3) is 0.345. The van der Waals surface area contributed by atoms with Crippen molar-refractivity contribution < 1.29 is 9.84 Å². The third kappa shape index (κ3) is 7.65. The number of benzene rings is 2. The van der Waals surface area contributed by atoms with Crippen LogP contribution in [-0.2, 0) is 4.74 Å². The number of ether oxygens (including phenoxy) is 1. The monoisotopic (exact) mass is 429 g/mol. The molecule has 32 heavy (non-hydrogen) atoms. The molecule has 1 atom stereocenters. The number of hydrogen-bond acceptors (Lipinski definition) is 3. The Labute approximate surface area is 192 Å². The molecule has 0 aliphatic heterocycles. The lowest BCUT2D eigenvalue weighted by Gasteiger charge is -2.12. The van der Waals surface area contributed by atoms with Crippen LogP contribution in [0.25, 0.3) is 28.3 Å². The van der Waals surface area contributed by atoms with Gasteiger partial charge in [-0.25, -0.2) is 4.98 Å². The van der Waals surface area contributed by atoms with E-state index in [9.17, 15) is 5.11 Å². The second-order valence-electron chi connectivity index (χ2n) is 8.33. The Balaban J connectivity index is 1.45. The maximum Gasteiger partial charge on any atom is 0.210 e. The average molecular weight is 430 g/mol. The van der Waals surface area contributed by atoms with E-state index in [0.29, 0.717) is 6.10 Å². The molecule has 1 N–H and O–H groups in total. The van der Waals surface area contributed by atoms with Gasteiger partial charge >= 0.3 is 0 Å². The highest BCUT2D eigenvalue weighted by Crippen LogP contribution is 2.25. The number of aromatic nitrogens is 1. The predicted octanol–water partition coefficient (Wildman–Crippen LogP) is 7.90. The summed E-state index contributed by atoms with van der Waals surface area (Å²) >= 11 is 0. The number of allylic oxidation sites excluding steroid dienone is 1. The molecular weight excluding hydrogens is 394 g/mol. The molecule has 0 fully saturated rings. The molecule has 3 nitrogen and oxygen atoms in total. The van der Waals surface area contributed by atoms with Crippen molar-refractivity contribution in [3.05, 3.63) is 78.5 Å². The van der Waals surface area contributed by atoms with Gasteiger partial charge in [0.25, 0.3) is 0 Å². The van der Waals surface area contributed by atoms with Gasteiger partial charge < -0.3 is 9.84 Å². The highest BCUT2D eigenvalue weighted by Gasteiger charge is 2.02. The molecule has 3 rings (SSSR count). The second kappa shape index (κ2) is 12.8. The number of aromatic hydroxyl groups is 1. The Kier molecular flexibility index (Phi) is 9.52. The van der Waals surface area contributed by atoms with Crippen molar-refractivity contribution in [2.75, 3.05) is 6.61 Å². The highest BCUT2D eigenvalue weighted by molar-refractivity contribution is 5.71. The molecule has 0 radical (unpaired) electrons.